The summed E-state index contributed by atoms with van der Waals surface area (Å²) in [6.07, 6.45) is 8.17. The van der Waals surface area contributed by atoms with Crippen molar-refractivity contribution in [3.63, 3.8) is 0 Å². The molecule has 1 saturated heterocycles. The molecule has 29 heavy (non-hydrogen) atoms. The highest BCUT2D eigenvalue weighted by Crippen LogP contribution is 2.37. The number of aromatic nitrogens is 1. The minimum absolute atomic E-state index is 0.197. The lowest BCUT2D eigenvalue weighted by Gasteiger charge is -2.26. The maximum atomic E-state index is 12.9. The highest BCUT2D eigenvalue weighted by Gasteiger charge is 2.35. The molecule has 2 amide bonds. The van der Waals surface area contributed by atoms with Crippen LogP contribution in [0.25, 0.3) is 6.08 Å². The lowest BCUT2D eigenvalue weighted by molar-refractivity contribution is -0.123. The molecule has 1 aromatic carbocycles. The van der Waals surface area contributed by atoms with Crippen molar-refractivity contribution in [3.05, 3.63) is 62.8 Å². The smallest absolute Gasteiger partial charge is 0.293 e. The topological polar surface area (TPSA) is 42.3 Å². The number of rotatable bonds is 4. The van der Waals surface area contributed by atoms with Gasteiger partial charge in [0.1, 0.15) is 0 Å². The fourth-order valence-corrected chi connectivity index (χ4v) is 5.45. The van der Waals surface area contributed by atoms with Gasteiger partial charge in [0.2, 0.25) is 0 Å². The Balaban J connectivity index is 1.58. The number of carbonyl (C=O) groups is 2. The Morgan fingerprint density at radius 2 is 1.86 bits per heavy atom. The van der Waals surface area contributed by atoms with Crippen molar-refractivity contribution in [2.24, 2.45) is 0 Å². The maximum Gasteiger partial charge on any atom is 0.293 e. The van der Waals surface area contributed by atoms with Crippen LogP contribution >= 0.6 is 23.4 Å². The van der Waals surface area contributed by atoms with Crippen LogP contribution in [-0.2, 0) is 11.3 Å². The Hall–Kier alpha value is -1.98. The molecule has 2 heterocycles. The summed E-state index contributed by atoms with van der Waals surface area (Å²) in [5.41, 5.74) is 4.19. The molecule has 0 bridgehead atoms. The van der Waals surface area contributed by atoms with E-state index in [0.717, 1.165) is 22.9 Å². The van der Waals surface area contributed by atoms with Gasteiger partial charge in [-0.3, -0.25) is 14.5 Å². The zero-order chi connectivity index (χ0) is 20.5. The van der Waals surface area contributed by atoms with E-state index in [2.05, 4.69) is 24.5 Å². The van der Waals surface area contributed by atoms with Gasteiger partial charge < -0.3 is 4.57 Å². The van der Waals surface area contributed by atoms with Crippen LogP contribution in [-0.4, -0.2) is 20.6 Å². The molecule has 0 atom stereocenters. The zero-order valence-electron chi connectivity index (χ0n) is 16.8. The predicted molar refractivity (Wildman–Crippen MR) is 119 cm³/mol. The first kappa shape index (κ1) is 20.3. The molecule has 4 nitrogen and oxygen atoms in total. The Labute approximate surface area is 180 Å². The molecule has 152 valence electrons. The lowest BCUT2D eigenvalue weighted by Crippen LogP contribution is -2.27. The third kappa shape index (κ3) is 4.03. The minimum atomic E-state index is -0.248. The van der Waals surface area contributed by atoms with E-state index in [-0.39, 0.29) is 17.7 Å². The number of imide groups is 1. The first-order valence-corrected chi connectivity index (χ1v) is 11.3. The number of halogens is 1. The molecule has 1 aliphatic carbocycles. The average Bonchev–Trinajstić information content (AvgIpc) is 3.13. The molecule has 1 saturated carbocycles. The van der Waals surface area contributed by atoms with Gasteiger partial charge in [0.25, 0.3) is 11.1 Å². The standard InChI is InChI=1S/C23H25ClN2O2S/c1-15-12-18(16(2)26(15)19-9-4-3-5-10-19)13-21-22(27)25(23(28)29-21)14-17-8-6-7-11-20(17)24/h6-8,11-13,19H,3-5,9-10,14H2,1-2H3/b21-13-. The number of carbonyl (C=O) groups excluding carboxylic acids is 2. The van der Waals surface area contributed by atoms with Crippen LogP contribution in [0.2, 0.25) is 5.02 Å². The maximum absolute atomic E-state index is 12.9. The summed E-state index contributed by atoms with van der Waals surface area (Å²) in [6, 6.07) is 9.98. The summed E-state index contributed by atoms with van der Waals surface area (Å²) in [5, 5.41) is 0.314. The highest BCUT2D eigenvalue weighted by atomic mass is 35.5. The molecule has 0 N–H and O–H groups in total. The van der Waals surface area contributed by atoms with Crippen LogP contribution in [0.15, 0.2) is 35.2 Å². The third-order valence-corrected chi connectivity index (χ3v) is 7.19. The van der Waals surface area contributed by atoms with Crippen molar-refractivity contribution in [1.82, 2.24) is 9.47 Å². The van der Waals surface area contributed by atoms with Gasteiger partial charge in [-0.15, -0.1) is 0 Å². The molecule has 6 heteroatoms. The van der Waals surface area contributed by atoms with Crippen LogP contribution in [0.1, 0.15) is 60.7 Å². The molecule has 2 aromatic rings. The first-order chi connectivity index (χ1) is 14.0. The molecule has 0 radical (unpaired) electrons. The second-order valence-corrected chi connectivity index (χ2v) is 9.25. The van der Waals surface area contributed by atoms with Gasteiger partial charge in [0.05, 0.1) is 11.4 Å². The van der Waals surface area contributed by atoms with Gasteiger partial charge in [-0.25, -0.2) is 0 Å². The van der Waals surface area contributed by atoms with Crippen LogP contribution in [0.5, 0.6) is 0 Å². The minimum Gasteiger partial charge on any atom is -0.346 e. The first-order valence-electron chi connectivity index (χ1n) is 10.1. The molecule has 4 rings (SSSR count). The summed E-state index contributed by atoms with van der Waals surface area (Å²) < 4.78 is 2.42. The summed E-state index contributed by atoms with van der Waals surface area (Å²) in [5.74, 6) is -0.248. The van der Waals surface area contributed by atoms with Crippen molar-refractivity contribution in [1.29, 1.82) is 0 Å². The Morgan fingerprint density at radius 1 is 1.14 bits per heavy atom. The monoisotopic (exact) mass is 428 g/mol. The summed E-state index contributed by atoms with van der Waals surface area (Å²) in [7, 11) is 0. The van der Waals surface area contributed by atoms with Crippen molar-refractivity contribution < 1.29 is 9.59 Å². The fourth-order valence-electron chi connectivity index (χ4n) is 4.42. The number of hydrogen-bond donors (Lipinski definition) is 0. The number of amides is 2. The van der Waals surface area contributed by atoms with Crippen LogP contribution < -0.4 is 0 Å². The number of hydrogen-bond acceptors (Lipinski definition) is 3. The van der Waals surface area contributed by atoms with E-state index in [4.69, 9.17) is 11.6 Å². The average molecular weight is 429 g/mol. The van der Waals surface area contributed by atoms with Gasteiger partial charge >= 0.3 is 0 Å². The van der Waals surface area contributed by atoms with Crippen LogP contribution in [0.3, 0.4) is 0 Å². The largest absolute Gasteiger partial charge is 0.346 e. The van der Waals surface area contributed by atoms with Gasteiger partial charge in [-0.2, -0.15) is 0 Å². The number of nitrogens with zero attached hydrogens (tertiary/aromatic N) is 2. The van der Waals surface area contributed by atoms with E-state index in [1.54, 1.807) is 6.07 Å². The normalized spacial score (nSPS) is 19.6. The number of aryl methyl sites for hydroxylation is 1. The van der Waals surface area contributed by atoms with E-state index in [1.165, 1.54) is 48.4 Å². The lowest BCUT2D eigenvalue weighted by atomic mass is 9.95. The second-order valence-electron chi connectivity index (χ2n) is 7.85. The fraction of sp³-hybridized carbons (Fsp3) is 0.391. The van der Waals surface area contributed by atoms with Gasteiger partial charge in [-0.05, 0) is 67.8 Å². The second kappa shape index (κ2) is 8.41. The summed E-state index contributed by atoms with van der Waals surface area (Å²) >= 11 is 7.21. The van der Waals surface area contributed by atoms with E-state index in [0.29, 0.717) is 16.0 Å². The third-order valence-electron chi connectivity index (χ3n) is 5.91. The van der Waals surface area contributed by atoms with Crippen molar-refractivity contribution in [3.8, 4) is 0 Å². The molecule has 0 unspecified atom stereocenters. The van der Waals surface area contributed by atoms with Crippen LogP contribution in [0.4, 0.5) is 4.79 Å². The van der Waals surface area contributed by atoms with Gasteiger partial charge in [0.15, 0.2) is 0 Å². The Bertz CT molecular complexity index is 989. The Morgan fingerprint density at radius 3 is 2.59 bits per heavy atom. The number of thioether (sulfide) groups is 1. The quantitative estimate of drug-likeness (QED) is 0.522. The van der Waals surface area contributed by atoms with Gasteiger partial charge in [0, 0.05) is 22.5 Å². The molecule has 1 aliphatic heterocycles. The highest BCUT2D eigenvalue weighted by molar-refractivity contribution is 8.18. The molecule has 1 aromatic heterocycles. The molecule has 2 fully saturated rings. The van der Waals surface area contributed by atoms with Gasteiger partial charge in [-0.1, -0.05) is 49.1 Å². The summed E-state index contributed by atoms with van der Waals surface area (Å²) in [6.45, 7) is 4.44. The molecule has 2 aliphatic rings. The van der Waals surface area contributed by atoms with E-state index in [9.17, 15) is 9.59 Å². The van der Waals surface area contributed by atoms with Crippen LogP contribution in [0, 0.1) is 13.8 Å². The van der Waals surface area contributed by atoms with E-state index >= 15 is 0 Å². The number of benzene rings is 1. The summed E-state index contributed by atoms with van der Waals surface area (Å²) in [4.78, 5) is 27.1. The van der Waals surface area contributed by atoms with E-state index in [1.807, 2.05) is 24.3 Å². The van der Waals surface area contributed by atoms with Crippen molar-refractivity contribution in [2.75, 3.05) is 0 Å². The molecular weight excluding hydrogens is 404 g/mol. The Kier molecular flexibility index (Phi) is 5.88. The van der Waals surface area contributed by atoms with Crippen molar-refractivity contribution in [2.45, 2.75) is 58.5 Å². The zero-order valence-corrected chi connectivity index (χ0v) is 18.4. The molecular formula is C23H25ClN2O2S. The molecule has 0 spiro atoms. The van der Waals surface area contributed by atoms with Crippen molar-refractivity contribution >= 4 is 40.6 Å². The predicted octanol–water partition coefficient (Wildman–Crippen LogP) is 6.50. The van der Waals surface area contributed by atoms with E-state index < -0.39 is 0 Å². The SMILES string of the molecule is Cc1cc(/C=C2\SC(=O)N(Cc3ccccc3Cl)C2=O)c(C)n1C1CCCCC1.